The summed E-state index contributed by atoms with van der Waals surface area (Å²) in [5, 5.41) is 12.9. The zero-order valence-corrected chi connectivity index (χ0v) is 16.1. The molecule has 1 amide bonds. The van der Waals surface area contributed by atoms with Crippen LogP contribution in [0.4, 0.5) is 0 Å². The van der Waals surface area contributed by atoms with Crippen molar-refractivity contribution in [1.29, 1.82) is 0 Å². The number of nitrogens with zero attached hydrogens (tertiary/aromatic N) is 1. The molecule has 0 bridgehead atoms. The van der Waals surface area contributed by atoms with Gasteiger partial charge in [0.25, 0.3) is 0 Å². The van der Waals surface area contributed by atoms with Crippen molar-refractivity contribution in [3.63, 3.8) is 0 Å². The number of aromatic carboxylic acids is 1. The number of halogens is 1. The fourth-order valence-electron chi connectivity index (χ4n) is 2.06. The van der Waals surface area contributed by atoms with Gasteiger partial charge in [-0.25, -0.2) is 10.2 Å². The number of benzene rings is 2. The van der Waals surface area contributed by atoms with E-state index in [1.54, 1.807) is 18.2 Å². The van der Waals surface area contributed by atoms with Crippen LogP contribution < -0.4 is 5.43 Å². The molecule has 0 saturated carbocycles. The highest BCUT2D eigenvalue weighted by Gasteiger charge is 2.08. The molecule has 2 aromatic carbocycles. The number of carboxylic acid groups (broad SMARTS) is 1. The van der Waals surface area contributed by atoms with Gasteiger partial charge >= 0.3 is 5.97 Å². The molecule has 25 heavy (non-hydrogen) atoms. The molecule has 130 valence electrons. The first kappa shape index (κ1) is 19.2. The Morgan fingerprint density at radius 1 is 1.24 bits per heavy atom. The summed E-state index contributed by atoms with van der Waals surface area (Å²) in [4.78, 5) is 24.1. The summed E-state index contributed by atoms with van der Waals surface area (Å²) in [5.74, 6) is -1.07. The highest BCUT2D eigenvalue weighted by molar-refractivity contribution is 9.10. The van der Waals surface area contributed by atoms with Crippen molar-refractivity contribution >= 4 is 45.8 Å². The van der Waals surface area contributed by atoms with Crippen LogP contribution in [0.5, 0.6) is 0 Å². The minimum absolute atomic E-state index is 0.135. The van der Waals surface area contributed by atoms with E-state index in [0.29, 0.717) is 5.56 Å². The summed E-state index contributed by atoms with van der Waals surface area (Å²) in [6.45, 7) is 3.99. The van der Waals surface area contributed by atoms with E-state index in [2.05, 4.69) is 26.5 Å². The molecule has 0 aromatic heterocycles. The Morgan fingerprint density at radius 2 is 1.96 bits per heavy atom. The lowest BCUT2D eigenvalue weighted by atomic mass is 10.1. The zero-order valence-electron chi connectivity index (χ0n) is 13.7. The van der Waals surface area contributed by atoms with Gasteiger partial charge in [0.1, 0.15) is 0 Å². The Morgan fingerprint density at radius 3 is 2.68 bits per heavy atom. The maximum Gasteiger partial charge on any atom is 0.336 e. The van der Waals surface area contributed by atoms with Crippen molar-refractivity contribution in [1.82, 2.24) is 5.43 Å². The first-order valence-corrected chi connectivity index (χ1v) is 9.20. The molecular weight excluding hydrogens is 404 g/mol. The third-order valence-corrected chi connectivity index (χ3v) is 5.41. The number of carbonyl (C=O) groups excluding carboxylic acids is 1. The molecule has 5 nitrogen and oxygen atoms in total. The normalized spacial score (nSPS) is 10.8. The SMILES string of the molecule is Cc1cc(SCC(=O)N/N=C\c2ccccc2C(=O)O)c(C)cc1Br. The molecule has 0 saturated heterocycles. The largest absolute Gasteiger partial charge is 0.478 e. The number of carbonyl (C=O) groups is 2. The lowest BCUT2D eigenvalue weighted by Crippen LogP contribution is -2.19. The second kappa shape index (κ2) is 8.82. The predicted molar refractivity (Wildman–Crippen MR) is 103 cm³/mol. The maximum atomic E-state index is 11.9. The smallest absolute Gasteiger partial charge is 0.336 e. The number of hydrogen-bond donors (Lipinski definition) is 2. The molecule has 0 heterocycles. The van der Waals surface area contributed by atoms with E-state index in [9.17, 15) is 9.59 Å². The van der Waals surface area contributed by atoms with E-state index in [0.717, 1.165) is 20.5 Å². The Labute approximate surface area is 158 Å². The van der Waals surface area contributed by atoms with Crippen LogP contribution in [0.2, 0.25) is 0 Å². The van der Waals surface area contributed by atoms with Crippen LogP contribution in [0.1, 0.15) is 27.0 Å². The number of thioether (sulfide) groups is 1. The molecule has 0 radical (unpaired) electrons. The van der Waals surface area contributed by atoms with Gasteiger partial charge in [0.05, 0.1) is 17.5 Å². The summed E-state index contributed by atoms with van der Waals surface area (Å²) < 4.78 is 1.04. The average molecular weight is 421 g/mol. The van der Waals surface area contributed by atoms with E-state index in [1.807, 2.05) is 26.0 Å². The van der Waals surface area contributed by atoms with E-state index < -0.39 is 5.97 Å². The molecule has 0 fully saturated rings. The van der Waals surface area contributed by atoms with E-state index in [4.69, 9.17) is 5.11 Å². The summed E-state index contributed by atoms with van der Waals surface area (Å²) in [6.07, 6.45) is 1.33. The van der Waals surface area contributed by atoms with Crippen molar-refractivity contribution in [2.45, 2.75) is 18.7 Å². The molecule has 0 unspecified atom stereocenters. The monoisotopic (exact) mass is 420 g/mol. The average Bonchev–Trinajstić information content (AvgIpc) is 2.57. The van der Waals surface area contributed by atoms with Gasteiger partial charge in [0.2, 0.25) is 5.91 Å². The van der Waals surface area contributed by atoms with Crippen LogP contribution in [-0.2, 0) is 4.79 Å². The van der Waals surface area contributed by atoms with Crippen molar-refractivity contribution in [3.05, 3.63) is 63.1 Å². The zero-order chi connectivity index (χ0) is 18.4. The molecule has 0 aliphatic rings. The third kappa shape index (κ3) is 5.44. The Hall–Kier alpha value is -2.12. The molecule has 0 atom stereocenters. The standard InChI is InChI=1S/C18H17BrN2O3S/c1-11-8-16(12(2)7-15(11)19)25-10-17(22)21-20-9-13-5-3-4-6-14(13)18(23)24/h3-9H,10H2,1-2H3,(H,21,22)(H,23,24)/b20-9-. The van der Waals surface area contributed by atoms with Gasteiger partial charge in [-0.3, -0.25) is 4.79 Å². The number of hydrazone groups is 1. The van der Waals surface area contributed by atoms with Crippen LogP contribution in [0.25, 0.3) is 0 Å². The number of aryl methyl sites for hydroxylation is 2. The fraction of sp³-hybridized carbons (Fsp3) is 0.167. The highest BCUT2D eigenvalue weighted by Crippen LogP contribution is 2.28. The van der Waals surface area contributed by atoms with Crippen LogP contribution in [-0.4, -0.2) is 29.0 Å². The number of amides is 1. The maximum absolute atomic E-state index is 11.9. The molecule has 7 heteroatoms. The predicted octanol–water partition coefficient (Wildman–Crippen LogP) is 4.01. The van der Waals surface area contributed by atoms with Crippen LogP contribution >= 0.6 is 27.7 Å². The van der Waals surface area contributed by atoms with Crippen molar-refractivity contribution < 1.29 is 14.7 Å². The van der Waals surface area contributed by atoms with Gasteiger partial charge in [0.15, 0.2) is 0 Å². The molecule has 0 aliphatic carbocycles. The van der Waals surface area contributed by atoms with Crippen LogP contribution in [0.3, 0.4) is 0 Å². The van der Waals surface area contributed by atoms with Crippen LogP contribution in [0.15, 0.2) is 50.9 Å². The topological polar surface area (TPSA) is 78.8 Å². The fourth-order valence-corrected chi connectivity index (χ4v) is 3.42. The summed E-state index contributed by atoms with van der Waals surface area (Å²) in [6, 6.07) is 10.5. The molecule has 2 N–H and O–H groups in total. The summed E-state index contributed by atoms with van der Waals surface area (Å²) in [7, 11) is 0. The summed E-state index contributed by atoms with van der Waals surface area (Å²) >= 11 is 4.91. The van der Waals surface area contributed by atoms with Gasteiger partial charge in [-0.1, -0.05) is 34.1 Å². The molecular formula is C18H17BrN2O3S. The Bertz CT molecular complexity index is 837. The van der Waals surface area contributed by atoms with E-state index >= 15 is 0 Å². The molecule has 2 rings (SSSR count). The van der Waals surface area contributed by atoms with E-state index in [-0.39, 0.29) is 17.2 Å². The van der Waals surface area contributed by atoms with Gasteiger partial charge in [0, 0.05) is 14.9 Å². The number of carboxylic acids is 1. The van der Waals surface area contributed by atoms with Gasteiger partial charge in [-0.2, -0.15) is 5.10 Å². The first-order valence-electron chi connectivity index (χ1n) is 7.42. The van der Waals surface area contributed by atoms with Gasteiger partial charge < -0.3 is 5.11 Å². The highest BCUT2D eigenvalue weighted by atomic mass is 79.9. The lowest BCUT2D eigenvalue weighted by Gasteiger charge is -2.08. The van der Waals surface area contributed by atoms with E-state index in [1.165, 1.54) is 24.0 Å². The summed E-state index contributed by atoms with van der Waals surface area (Å²) in [5.41, 5.74) is 5.19. The van der Waals surface area contributed by atoms with Crippen molar-refractivity contribution in [2.75, 3.05) is 5.75 Å². The molecule has 0 spiro atoms. The van der Waals surface area contributed by atoms with Crippen molar-refractivity contribution in [2.24, 2.45) is 5.10 Å². The quantitative estimate of drug-likeness (QED) is 0.420. The first-order chi connectivity index (χ1) is 11.9. The molecule has 0 aliphatic heterocycles. The lowest BCUT2D eigenvalue weighted by molar-refractivity contribution is -0.118. The Kier molecular flexibility index (Phi) is 6.78. The minimum atomic E-state index is -1.04. The number of hydrogen-bond acceptors (Lipinski definition) is 4. The Balaban J connectivity index is 1.93. The minimum Gasteiger partial charge on any atom is -0.478 e. The number of rotatable bonds is 6. The third-order valence-electron chi connectivity index (χ3n) is 3.40. The second-order valence-electron chi connectivity index (χ2n) is 5.34. The van der Waals surface area contributed by atoms with Crippen molar-refractivity contribution in [3.8, 4) is 0 Å². The number of nitrogens with one attached hydrogen (secondary N) is 1. The van der Waals surface area contributed by atoms with Gasteiger partial charge in [-0.05, 0) is 43.2 Å². The van der Waals surface area contributed by atoms with Gasteiger partial charge in [-0.15, -0.1) is 11.8 Å². The van der Waals surface area contributed by atoms with Crippen LogP contribution in [0, 0.1) is 13.8 Å². The molecule has 2 aromatic rings. The second-order valence-corrected chi connectivity index (χ2v) is 7.21.